The summed E-state index contributed by atoms with van der Waals surface area (Å²) in [6, 6.07) is 35.7. The molecule has 0 atom stereocenters. The Balaban J connectivity index is 0.000000166. The third-order valence-corrected chi connectivity index (χ3v) is 17.4. The number of nitrogens with zero attached hydrogens (tertiary/aromatic N) is 2. The number of rotatable bonds is 10. The van der Waals surface area contributed by atoms with E-state index in [2.05, 4.69) is 20.6 Å². The smallest absolute Gasteiger partial charge is 0.261 e. The number of benzene rings is 5. The maximum atomic E-state index is 13.5. The molecule has 2 amide bonds. The summed E-state index contributed by atoms with van der Waals surface area (Å²) in [6.45, 7) is 0.508. The number of pyridine rings is 2. The Hall–Kier alpha value is -6.76. The highest BCUT2D eigenvalue weighted by Gasteiger charge is 2.23. The number of carbonyl (C=O) groups excluding carboxylic acids is 2. The van der Waals surface area contributed by atoms with Crippen LogP contribution in [0.5, 0.6) is 0 Å². The first-order valence-electron chi connectivity index (χ1n) is 19.6. The molecule has 10 nitrogen and oxygen atoms in total. The second-order valence-corrected chi connectivity index (χ2v) is 21.6. The second kappa shape index (κ2) is 18.0. The summed E-state index contributed by atoms with van der Waals surface area (Å²) in [5.41, 5.74) is 1.51. The molecule has 324 valence electrons. The van der Waals surface area contributed by atoms with Gasteiger partial charge in [-0.1, -0.05) is 54.6 Å². The average molecular weight is 959 g/mol. The Morgan fingerprint density at radius 2 is 1.03 bits per heavy atom. The molecule has 0 aliphatic heterocycles. The molecule has 5 heterocycles. The van der Waals surface area contributed by atoms with E-state index in [1.807, 2.05) is 48.5 Å². The maximum Gasteiger partial charge on any atom is 0.261 e. The Morgan fingerprint density at radius 3 is 1.58 bits per heavy atom. The minimum absolute atomic E-state index is 0.0550. The monoisotopic (exact) mass is 958 g/mol. The lowest BCUT2D eigenvalue weighted by atomic mass is 10.1. The normalized spacial score (nSPS) is 11.7. The van der Waals surface area contributed by atoms with Gasteiger partial charge in [-0.25, -0.2) is 25.6 Å². The molecule has 0 aliphatic rings. The molecule has 17 heteroatoms. The number of thiophene rings is 3. The van der Waals surface area contributed by atoms with Crippen molar-refractivity contribution >= 4 is 106 Å². The summed E-state index contributed by atoms with van der Waals surface area (Å²) in [7, 11) is -7.68. The molecule has 10 aromatic rings. The molecule has 5 aromatic heterocycles. The van der Waals surface area contributed by atoms with Crippen LogP contribution in [0.4, 0.5) is 8.78 Å². The van der Waals surface area contributed by atoms with Crippen molar-refractivity contribution in [3.8, 4) is 0 Å². The van der Waals surface area contributed by atoms with Crippen LogP contribution in [0.2, 0.25) is 0 Å². The van der Waals surface area contributed by atoms with Gasteiger partial charge >= 0.3 is 0 Å². The number of aromatic nitrogens is 2. The van der Waals surface area contributed by atoms with Gasteiger partial charge in [-0.15, -0.1) is 34.0 Å². The molecule has 10 rings (SSSR count). The first kappa shape index (κ1) is 43.5. The Morgan fingerprint density at radius 1 is 0.508 bits per heavy atom. The van der Waals surface area contributed by atoms with Crippen molar-refractivity contribution in [2.24, 2.45) is 0 Å². The molecule has 0 fully saturated rings. The topological polar surface area (TPSA) is 152 Å². The fraction of sp³-hybridized carbons (Fsp3) is 0.0417. The first-order valence-corrected chi connectivity index (χ1v) is 25.0. The highest BCUT2D eigenvalue weighted by molar-refractivity contribution is 7.92. The van der Waals surface area contributed by atoms with Gasteiger partial charge < -0.3 is 10.6 Å². The molecule has 2 N–H and O–H groups in total. The molecule has 5 aromatic carbocycles. The lowest BCUT2D eigenvalue weighted by Crippen LogP contribution is -2.21. The Kier molecular flexibility index (Phi) is 12.1. The molecule has 0 unspecified atom stereocenters. The van der Waals surface area contributed by atoms with E-state index in [-0.39, 0.29) is 33.0 Å². The van der Waals surface area contributed by atoms with Crippen LogP contribution in [0.15, 0.2) is 178 Å². The van der Waals surface area contributed by atoms with Crippen molar-refractivity contribution in [3.63, 3.8) is 0 Å². The van der Waals surface area contributed by atoms with Gasteiger partial charge in [-0.05, 0) is 101 Å². The lowest BCUT2D eigenvalue weighted by Gasteiger charge is -2.08. The quantitative estimate of drug-likeness (QED) is 0.129. The second-order valence-electron chi connectivity index (χ2n) is 14.5. The summed E-state index contributed by atoms with van der Waals surface area (Å²) in [5.74, 6) is -2.75. The SMILES string of the molecule is O=C(NCc1ccc(S(=O)(=O)c2ccc(F)c(F)c2)cc1)c1cc2ccncc2s1.O=C(NCc1ccc(S(=O)(=O)c2cccc3c2sc2ccccc23)cc1)c1cc2ccncc2s1. The first-order chi connectivity index (χ1) is 31.3. The highest BCUT2D eigenvalue weighted by Crippen LogP contribution is 2.39. The number of hydrogen-bond donors (Lipinski definition) is 2. The molecule has 65 heavy (non-hydrogen) atoms. The van der Waals surface area contributed by atoms with Crippen LogP contribution in [0, 0.1) is 11.6 Å². The predicted molar refractivity (Wildman–Crippen MR) is 251 cm³/mol. The maximum absolute atomic E-state index is 13.5. The number of sulfone groups is 2. The van der Waals surface area contributed by atoms with Crippen LogP contribution in [-0.2, 0) is 32.8 Å². The average Bonchev–Trinajstić information content (AvgIpc) is 4.07. The van der Waals surface area contributed by atoms with Gasteiger partial charge in [0.1, 0.15) is 0 Å². The summed E-state index contributed by atoms with van der Waals surface area (Å²) >= 11 is 4.22. The summed E-state index contributed by atoms with van der Waals surface area (Å²) < 4.78 is 82.3. The number of halogens is 2. The fourth-order valence-corrected chi connectivity index (χ4v) is 13.0. The van der Waals surface area contributed by atoms with Gasteiger partial charge in [-0.2, -0.15) is 0 Å². The van der Waals surface area contributed by atoms with Crippen LogP contribution in [0.3, 0.4) is 0 Å². The Labute approximate surface area is 382 Å². The van der Waals surface area contributed by atoms with Crippen LogP contribution in [0.1, 0.15) is 30.5 Å². The molecule has 0 bridgehead atoms. The zero-order valence-corrected chi connectivity index (χ0v) is 37.6. The van der Waals surface area contributed by atoms with Crippen LogP contribution in [-0.4, -0.2) is 38.6 Å². The Bertz CT molecular complexity index is 3600. The van der Waals surface area contributed by atoms with E-state index in [0.717, 1.165) is 58.0 Å². The van der Waals surface area contributed by atoms with E-state index in [9.17, 15) is 35.2 Å². The van der Waals surface area contributed by atoms with Crippen LogP contribution < -0.4 is 10.6 Å². The summed E-state index contributed by atoms with van der Waals surface area (Å²) in [4.78, 5) is 34.4. The number of amides is 2. The van der Waals surface area contributed by atoms with E-state index in [0.29, 0.717) is 32.8 Å². The summed E-state index contributed by atoms with van der Waals surface area (Å²) in [6.07, 6.45) is 6.80. The van der Waals surface area contributed by atoms with Gasteiger partial charge in [0.05, 0.1) is 43.4 Å². The fourth-order valence-electron chi connectivity index (χ4n) is 6.94. The van der Waals surface area contributed by atoms with Crippen LogP contribution >= 0.6 is 34.0 Å². The molecule has 0 radical (unpaired) electrons. The van der Waals surface area contributed by atoms with E-state index in [4.69, 9.17) is 0 Å². The minimum Gasteiger partial charge on any atom is -0.347 e. The van der Waals surface area contributed by atoms with Gasteiger partial charge in [0.25, 0.3) is 11.8 Å². The molecule has 0 saturated carbocycles. The zero-order valence-electron chi connectivity index (χ0n) is 33.6. The van der Waals surface area contributed by atoms with Crippen molar-refractivity contribution in [2.75, 3.05) is 0 Å². The third-order valence-electron chi connectivity index (χ3n) is 10.3. The molecular weight excluding hydrogens is 927 g/mol. The van der Waals surface area contributed by atoms with Crippen LogP contribution in [0.25, 0.3) is 40.3 Å². The largest absolute Gasteiger partial charge is 0.347 e. The van der Waals surface area contributed by atoms with Crippen molar-refractivity contribution in [1.29, 1.82) is 0 Å². The standard InChI is InChI=1S/C27H18N2O3S3.C21H14F2N2O3S2/c30-27(23-14-18-12-13-28-16-24(18)33-23)29-15-17-8-10-19(11-9-17)35(31,32)25-7-3-5-21-20-4-1-2-6-22(20)34-26(21)25;22-17-6-5-16(10-18(17)23)30(27,28)15-3-1-13(2-4-15)11-25-21(26)19-9-14-7-8-24-12-20(14)29-19/h1-14,16H,15H2,(H,29,30);1-10,12H,11H2,(H,25,26). The molecule has 0 spiro atoms. The lowest BCUT2D eigenvalue weighted by molar-refractivity contribution is 0.0947. The number of hydrogen-bond acceptors (Lipinski definition) is 11. The molecule has 0 saturated heterocycles. The van der Waals surface area contributed by atoms with E-state index in [1.165, 1.54) is 46.1 Å². The number of carbonyl (C=O) groups is 2. The van der Waals surface area contributed by atoms with Gasteiger partial charge in [0, 0.05) is 53.3 Å². The van der Waals surface area contributed by atoms with Crippen molar-refractivity contribution in [2.45, 2.75) is 32.7 Å². The minimum atomic E-state index is -3.98. The summed E-state index contributed by atoms with van der Waals surface area (Å²) in [5, 5.41) is 9.63. The van der Waals surface area contributed by atoms with Crippen molar-refractivity contribution in [3.05, 3.63) is 191 Å². The van der Waals surface area contributed by atoms with E-state index >= 15 is 0 Å². The number of nitrogens with one attached hydrogen (secondary N) is 2. The highest BCUT2D eigenvalue weighted by atomic mass is 32.2. The zero-order chi connectivity index (χ0) is 45.3. The van der Waals surface area contributed by atoms with E-state index in [1.54, 1.807) is 79.4 Å². The van der Waals surface area contributed by atoms with Crippen molar-refractivity contribution < 1.29 is 35.2 Å². The van der Waals surface area contributed by atoms with Crippen molar-refractivity contribution in [1.82, 2.24) is 20.6 Å². The van der Waals surface area contributed by atoms with Gasteiger partial charge in [-0.3, -0.25) is 19.6 Å². The van der Waals surface area contributed by atoms with Gasteiger partial charge in [0.15, 0.2) is 11.6 Å². The predicted octanol–water partition coefficient (Wildman–Crippen LogP) is 10.8. The molecular formula is C48H32F2N4O6S5. The van der Waals surface area contributed by atoms with Gasteiger partial charge in [0.2, 0.25) is 19.7 Å². The van der Waals surface area contributed by atoms with E-state index < -0.39 is 31.3 Å². The molecule has 0 aliphatic carbocycles. The third kappa shape index (κ3) is 9.01. The number of fused-ring (bicyclic) bond motifs is 5.